The van der Waals surface area contributed by atoms with Gasteiger partial charge in [0, 0.05) is 113 Å². The second-order valence-electron chi connectivity index (χ2n) is 32.9. The molecule has 13 rings (SSSR count). The molecular formula is C78H102Cl2N8O12Si3. The Labute approximate surface area is 618 Å². The van der Waals surface area contributed by atoms with E-state index in [4.69, 9.17) is 65.7 Å². The Hall–Kier alpha value is -6.43. The van der Waals surface area contributed by atoms with Gasteiger partial charge >= 0.3 is 14.6 Å². The van der Waals surface area contributed by atoms with E-state index >= 15 is 0 Å². The van der Waals surface area contributed by atoms with Crippen molar-refractivity contribution < 1.29 is 57.4 Å². The van der Waals surface area contributed by atoms with Gasteiger partial charge in [0.2, 0.25) is 0 Å². The summed E-state index contributed by atoms with van der Waals surface area (Å²) in [5.41, 5.74) is 10.6. The van der Waals surface area contributed by atoms with Crippen molar-refractivity contribution in [2.45, 2.75) is 185 Å². The molecule has 103 heavy (non-hydrogen) atoms. The Morgan fingerprint density at radius 2 is 1.15 bits per heavy atom. The summed E-state index contributed by atoms with van der Waals surface area (Å²) in [6, 6.07) is 37.9. The van der Waals surface area contributed by atoms with E-state index in [1.807, 2.05) is 100 Å². The third-order valence-corrected chi connectivity index (χ3v) is 29.8. The van der Waals surface area contributed by atoms with Crippen molar-refractivity contribution in [3.8, 4) is 56.8 Å². The average Bonchev–Trinajstić information content (AvgIpc) is 1.72. The van der Waals surface area contributed by atoms with E-state index in [0.717, 1.165) is 76.9 Å². The first-order valence-electron chi connectivity index (χ1n) is 36.4. The van der Waals surface area contributed by atoms with Gasteiger partial charge in [-0.1, -0.05) is 177 Å². The maximum atomic E-state index is 13.4. The fourth-order valence-corrected chi connectivity index (χ4v) is 21.9. The van der Waals surface area contributed by atoms with Crippen molar-refractivity contribution >= 4 is 82.1 Å². The minimum Gasteiger partial charge on any atom is -0.459 e. The number of nitrogens with one attached hydrogen (secondary N) is 1. The first-order chi connectivity index (χ1) is 48.9. The van der Waals surface area contributed by atoms with Crippen LogP contribution in [0.5, 0.6) is 12.0 Å². The molecule has 8 aromatic rings. The van der Waals surface area contributed by atoms with E-state index in [1.165, 1.54) is 0 Å². The Bertz CT molecular complexity index is 4240. The number of hydrogen-bond donors (Lipinski definition) is 4. The zero-order chi connectivity index (χ0) is 73.3. The summed E-state index contributed by atoms with van der Waals surface area (Å²) in [5.74, 6) is 0.0339. The van der Waals surface area contributed by atoms with Crippen LogP contribution >= 0.6 is 23.2 Å². The molecule has 0 bridgehead atoms. The van der Waals surface area contributed by atoms with Crippen LogP contribution in [0.4, 0.5) is 0 Å². The molecule has 0 unspecified atom stereocenters. The molecule has 7 heterocycles. The lowest BCUT2D eigenvalue weighted by atomic mass is 10.0. The number of imidazole rings is 2. The lowest BCUT2D eigenvalue weighted by Crippen LogP contribution is -2.64. The Kier molecular flexibility index (Phi) is 23.4. The largest absolute Gasteiger partial charge is 0.459 e. The van der Waals surface area contributed by atoms with Crippen LogP contribution in [0.3, 0.4) is 0 Å². The van der Waals surface area contributed by atoms with Crippen molar-refractivity contribution in [3.63, 3.8) is 0 Å². The van der Waals surface area contributed by atoms with Gasteiger partial charge in [-0.25, -0.2) is 9.97 Å². The van der Waals surface area contributed by atoms with E-state index in [2.05, 4.69) is 108 Å². The highest BCUT2D eigenvalue weighted by Crippen LogP contribution is 2.56. The van der Waals surface area contributed by atoms with Crippen LogP contribution in [0.1, 0.15) is 101 Å². The molecule has 3 saturated heterocycles. The highest BCUT2D eigenvalue weighted by Gasteiger charge is 2.64. The van der Waals surface area contributed by atoms with Crippen LogP contribution < -0.4 is 9.47 Å². The number of pyridine rings is 2. The van der Waals surface area contributed by atoms with Gasteiger partial charge in [-0.3, -0.25) is 14.2 Å². The van der Waals surface area contributed by atoms with Gasteiger partial charge < -0.3 is 62.6 Å². The second kappa shape index (κ2) is 31.6. The molecule has 3 aliphatic heterocycles. The fourth-order valence-electron chi connectivity index (χ4n) is 14.8. The molecule has 2 saturated carbocycles. The predicted octanol–water partition coefficient (Wildman–Crippen LogP) is 15.6. The maximum absolute atomic E-state index is 13.4. The number of aromatic nitrogens is 6. The molecule has 552 valence electrons. The Balaban J connectivity index is 0.000000218. The summed E-state index contributed by atoms with van der Waals surface area (Å²) in [6.07, 6.45) is 2.69. The van der Waals surface area contributed by atoms with Gasteiger partial charge in [0.25, 0.3) is 17.8 Å². The zero-order valence-electron chi connectivity index (χ0n) is 61.6. The summed E-state index contributed by atoms with van der Waals surface area (Å²) in [4.78, 5) is 51.9. The molecule has 25 heteroatoms. The number of carbonyl (C=O) groups excluding carboxylic acids is 2. The van der Waals surface area contributed by atoms with E-state index in [0.29, 0.717) is 114 Å². The first kappa shape index (κ1) is 76.2. The Morgan fingerprint density at radius 3 is 1.69 bits per heavy atom. The van der Waals surface area contributed by atoms with Crippen LogP contribution in [-0.2, 0) is 29.8 Å². The van der Waals surface area contributed by atoms with Crippen LogP contribution in [0.25, 0.3) is 67.1 Å². The summed E-state index contributed by atoms with van der Waals surface area (Å²) in [5, 5.41) is 30.1. The van der Waals surface area contributed by atoms with Gasteiger partial charge in [-0.15, -0.1) is 0 Å². The van der Waals surface area contributed by atoms with Gasteiger partial charge in [-0.2, -0.15) is 9.97 Å². The number of rotatable bonds is 22. The van der Waals surface area contributed by atoms with Crippen LogP contribution in [0.2, 0.25) is 71.5 Å². The lowest BCUT2D eigenvalue weighted by molar-refractivity contribution is -0.0815. The summed E-state index contributed by atoms with van der Waals surface area (Å²) < 4.78 is 46.8. The number of ether oxygens (including phenoxy) is 5. The number of aliphatic hydroxyl groups excluding tert-OH is 3. The van der Waals surface area contributed by atoms with E-state index in [-0.39, 0.29) is 78.2 Å². The zero-order valence-corrected chi connectivity index (χ0v) is 66.2. The third kappa shape index (κ3) is 17.7. The molecule has 4 aromatic heterocycles. The minimum atomic E-state index is -2.70. The number of hydrogen-bond acceptors (Lipinski definition) is 16. The monoisotopic (exact) mass is 1500 g/mol. The smallest absolute Gasteiger partial charge is 0.349 e. The molecule has 5 fully saturated rings. The highest BCUT2D eigenvalue weighted by atomic mass is 35.5. The molecule has 4 N–H and O–H groups in total. The van der Waals surface area contributed by atoms with Crippen LogP contribution in [0, 0.1) is 11.8 Å². The molecule has 0 spiro atoms. The van der Waals surface area contributed by atoms with Crippen molar-refractivity contribution in [3.05, 3.63) is 130 Å². The average molecular weight is 1500 g/mol. The molecule has 5 aliphatic rings. The van der Waals surface area contributed by atoms with Gasteiger partial charge in [0.15, 0.2) is 11.3 Å². The standard InChI is InChI=1S/C49H73ClN4O7Si3.C29H29ClN4O5/c1-48(2,3)64(49(4,5)6)59-31-38-21-22-42(44(38)61-64)60-47-52-45-41(54(47)32-56-25-27-62(7,8)9)29-40(50)43(51-45)36-17-13-34(14-18-36)35-15-19-37(20-16-35)46(55)53-24-23-39(30-53)58-33-57-26-28-63(10,11)12;30-22-13-23-27(33-29(31-23)39-24-10-9-20(15-35)26(24)37)32-25(22)18-5-1-16(2-6-18)17-3-7-19(8-4-17)28(38)34-12-11-21(36)14-34/h13-20,29,38-39,42,44H,21-28,30-33H2,1-12H3;1-8,13,20-21,24,26,35-37H,9-12,14-15H2,(H,31,32,33)/t38-,39-,42-,44-;20-,21-,24-,26-/m11/s1. The fraction of sp³-hybridized carbons (Fsp3) is 0.513. The second-order valence-corrected chi connectivity index (χ2v) is 49.7. The summed E-state index contributed by atoms with van der Waals surface area (Å²) in [7, 11) is -5.14. The Morgan fingerprint density at radius 1 is 0.621 bits per heavy atom. The number of halogens is 2. The number of β-amino-alcohol motifs (C(OH)–C–C–N with tert-alkyl or cyclic N) is 1. The number of amides is 2. The normalized spacial score (nSPS) is 22.2. The van der Waals surface area contributed by atoms with Crippen molar-refractivity contribution in [1.82, 2.24) is 39.3 Å². The maximum Gasteiger partial charge on any atom is 0.349 e. The topological polar surface area (TPSA) is 238 Å². The van der Waals surface area contributed by atoms with Crippen molar-refractivity contribution in [2.75, 3.05) is 59.4 Å². The molecule has 0 radical (unpaired) electrons. The van der Waals surface area contributed by atoms with Gasteiger partial charge in [0.1, 0.15) is 25.7 Å². The minimum absolute atomic E-state index is 0.000930. The molecule has 2 aliphatic carbocycles. The summed E-state index contributed by atoms with van der Waals surface area (Å²) >= 11 is 13.7. The number of H-pyrrole nitrogens is 1. The van der Waals surface area contributed by atoms with E-state index in [1.54, 1.807) is 11.0 Å². The molecule has 8 atom stereocenters. The number of carbonyl (C=O) groups is 2. The number of aromatic amines is 1. The summed E-state index contributed by atoms with van der Waals surface area (Å²) in [6.45, 7) is 32.4. The van der Waals surface area contributed by atoms with E-state index < -0.39 is 43.0 Å². The quantitative estimate of drug-likeness (QED) is 0.0280. The SMILES string of the molecule is CC(C)(C)[Si]1(C(C)(C)C)OC[C@H]2CC[C@@H](Oc3nc4nc(-c5ccc(-c6ccc(C(=O)N7CC[C@@H](OCOCC[Si](C)(C)C)C7)cc6)cc5)c(Cl)cc4n3COCC[Si](C)(C)C)[C@@H]2O1.O=C(c1ccc(-c2ccc(-c3nc4nc(O[C@@H]5CC[C@H](CO)[C@H]5O)[nH]c4cc3Cl)cc2)cc1)N1CC[C@@H](O)C1. The van der Waals surface area contributed by atoms with Crippen LogP contribution in [0.15, 0.2) is 109 Å². The number of benzene rings is 4. The molecule has 4 aromatic carbocycles. The van der Waals surface area contributed by atoms with Crippen molar-refractivity contribution in [2.24, 2.45) is 11.8 Å². The molecule has 20 nitrogen and oxygen atoms in total. The first-order valence-corrected chi connectivity index (χ1v) is 46.4. The number of fused-ring (bicyclic) bond motifs is 3. The molecular weight excluding hydrogens is 1400 g/mol. The van der Waals surface area contributed by atoms with Gasteiger partial charge in [-0.05, 0) is 109 Å². The number of likely N-dealkylation sites (tertiary alicyclic amines) is 2. The third-order valence-electron chi connectivity index (χ3n) is 20.7. The van der Waals surface area contributed by atoms with Crippen molar-refractivity contribution in [1.29, 1.82) is 0 Å². The van der Waals surface area contributed by atoms with Crippen LogP contribution in [-0.4, -0.2) is 187 Å². The predicted molar refractivity (Wildman–Crippen MR) is 412 cm³/mol. The van der Waals surface area contributed by atoms with Gasteiger partial charge in [0.05, 0.1) is 56.9 Å². The molecule has 2 amide bonds. The lowest BCUT2D eigenvalue weighted by Gasteiger charge is -2.54. The highest BCUT2D eigenvalue weighted by molar-refractivity contribution is 6.76. The number of aliphatic hydroxyl groups is 3. The number of nitrogens with zero attached hydrogens (tertiary/aromatic N) is 7. The van der Waals surface area contributed by atoms with E-state index in [9.17, 15) is 24.9 Å².